The van der Waals surface area contributed by atoms with Gasteiger partial charge in [0.2, 0.25) is 15.9 Å². The van der Waals surface area contributed by atoms with Crippen LogP contribution in [0.2, 0.25) is 0 Å². The quantitative estimate of drug-likeness (QED) is 0.742. The summed E-state index contributed by atoms with van der Waals surface area (Å²) in [6.07, 6.45) is 0. The maximum atomic E-state index is 12.4. The van der Waals surface area contributed by atoms with E-state index >= 15 is 0 Å². The van der Waals surface area contributed by atoms with Crippen molar-refractivity contribution < 1.29 is 13.2 Å². The van der Waals surface area contributed by atoms with Gasteiger partial charge in [0.15, 0.2) is 0 Å². The monoisotopic (exact) mass is 349 g/mol. The van der Waals surface area contributed by atoms with Gasteiger partial charge in [-0.2, -0.15) is 0 Å². The second-order valence-electron chi connectivity index (χ2n) is 5.97. The van der Waals surface area contributed by atoms with Gasteiger partial charge in [0.25, 0.3) is 0 Å². The standard InChI is InChI=1S/C14H23N3O3S.ClH/c1-10(15)13(18)16-9-11-7-5-6-8-12(11)21(19,20)17-14(2,3)4;/h5-8,10,17H,9,15H2,1-4H3,(H,16,18);1H/t10-;/m0./s1. The molecule has 22 heavy (non-hydrogen) atoms. The maximum Gasteiger partial charge on any atom is 0.241 e. The summed E-state index contributed by atoms with van der Waals surface area (Å²) in [5.74, 6) is -0.328. The van der Waals surface area contributed by atoms with Crippen LogP contribution in [-0.2, 0) is 21.4 Å². The van der Waals surface area contributed by atoms with Gasteiger partial charge in [-0.05, 0) is 39.3 Å². The van der Waals surface area contributed by atoms with E-state index in [1.54, 1.807) is 45.9 Å². The molecule has 0 heterocycles. The van der Waals surface area contributed by atoms with Crippen LogP contribution >= 0.6 is 12.4 Å². The number of nitrogens with one attached hydrogen (secondary N) is 2. The molecule has 0 spiro atoms. The molecular weight excluding hydrogens is 326 g/mol. The minimum atomic E-state index is -3.65. The van der Waals surface area contributed by atoms with E-state index in [1.807, 2.05) is 0 Å². The molecule has 0 radical (unpaired) electrons. The summed E-state index contributed by atoms with van der Waals surface area (Å²) < 4.78 is 27.4. The van der Waals surface area contributed by atoms with Crippen molar-refractivity contribution in [2.75, 3.05) is 0 Å². The molecule has 0 aromatic heterocycles. The molecule has 126 valence electrons. The Morgan fingerprint density at radius 2 is 1.82 bits per heavy atom. The van der Waals surface area contributed by atoms with Gasteiger partial charge in [-0.1, -0.05) is 18.2 Å². The van der Waals surface area contributed by atoms with Crippen molar-refractivity contribution in [3.05, 3.63) is 29.8 Å². The topological polar surface area (TPSA) is 101 Å². The van der Waals surface area contributed by atoms with Crippen molar-refractivity contribution in [3.8, 4) is 0 Å². The Morgan fingerprint density at radius 1 is 1.27 bits per heavy atom. The van der Waals surface area contributed by atoms with Crippen LogP contribution in [-0.4, -0.2) is 25.9 Å². The Kier molecular flexibility index (Phi) is 7.50. The van der Waals surface area contributed by atoms with Crippen molar-refractivity contribution in [1.82, 2.24) is 10.0 Å². The van der Waals surface area contributed by atoms with Crippen molar-refractivity contribution >= 4 is 28.3 Å². The molecule has 1 rings (SSSR count). The summed E-state index contributed by atoms with van der Waals surface area (Å²) in [5.41, 5.74) is 5.40. The highest BCUT2D eigenvalue weighted by molar-refractivity contribution is 7.89. The van der Waals surface area contributed by atoms with Gasteiger partial charge in [-0.3, -0.25) is 4.79 Å². The Balaban J connectivity index is 0.00000441. The van der Waals surface area contributed by atoms with Crippen LogP contribution in [0.5, 0.6) is 0 Å². The third kappa shape index (κ3) is 6.31. The Bertz CT molecular complexity index is 610. The smallest absolute Gasteiger partial charge is 0.241 e. The molecule has 4 N–H and O–H groups in total. The number of amides is 1. The highest BCUT2D eigenvalue weighted by Crippen LogP contribution is 2.17. The minimum absolute atomic E-state index is 0. The van der Waals surface area contributed by atoms with Gasteiger partial charge < -0.3 is 11.1 Å². The first kappa shape index (κ1) is 20.9. The average Bonchev–Trinajstić information content (AvgIpc) is 2.33. The molecule has 1 aromatic rings. The summed E-state index contributed by atoms with van der Waals surface area (Å²) in [6.45, 7) is 6.99. The van der Waals surface area contributed by atoms with Gasteiger partial charge in [0, 0.05) is 12.1 Å². The molecule has 0 unspecified atom stereocenters. The Hall–Kier alpha value is -1.15. The van der Waals surface area contributed by atoms with Gasteiger partial charge in [-0.25, -0.2) is 13.1 Å². The SMILES string of the molecule is C[C@H](N)C(=O)NCc1ccccc1S(=O)(=O)NC(C)(C)C.Cl. The molecule has 0 fully saturated rings. The summed E-state index contributed by atoms with van der Waals surface area (Å²) in [5, 5.41) is 2.62. The molecular formula is C14H24ClN3O3S. The van der Waals surface area contributed by atoms with E-state index in [0.717, 1.165) is 0 Å². The lowest BCUT2D eigenvalue weighted by Crippen LogP contribution is -2.41. The van der Waals surface area contributed by atoms with Crippen LogP contribution in [0.25, 0.3) is 0 Å². The first-order chi connectivity index (χ1) is 9.53. The van der Waals surface area contributed by atoms with E-state index in [0.29, 0.717) is 5.56 Å². The first-order valence-electron chi connectivity index (χ1n) is 6.68. The van der Waals surface area contributed by atoms with Gasteiger partial charge >= 0.3 is 0 Å². The molecule has 0 aliphatic carbocycles. The molecule has 1 atom stereocenters. The number of nitrogens with two attached hydrogens (primary N) is 1. The van der Waals surface area contributed by atoms with Gasteiger partial charge in [-0.15, -0.1) is 12.4 Å². The number of halogens is 1. The predicted octanol–water partition coefficient (Wildman–Crippen LogP) is 1.15. The predicted molar refractivity (Wildman–Crippen MR) is 89.3 cm³/mol. The lowest BCUT2D eigenvalue weighted by Gasteiger charge is -2.21. The van der Waals surface area contributed by atoms with Crippen molar-refractivity contribution in [2.24, 2.45) is 5.73 Å². The molecule has 1 amide bonds. The van der Waals surface area contributed by atoms with Gasteiger partial charge in [0.05, 0.1) is 10.9 Å². The first-order valence-corrected chi connectivity index (χ1v) is 8.16. The second-order valence-corrected chi connectivity index (χ2v) is 7.62. The molecule has 8 heteroatoms. The van der Waals surface area contributed by atoms with Crippen LogP contribution in [0.15, 0.2) is 29.2 Å². The lowest BCUT2D eigenvalue weighted by atomic mass is 10.1. The number of benzene rings is 1. The molecule has 0 bridgehead atoms. The van der Waals surface area contributed by atoms with Gasteiger partial charge in [0.1, 0.15) is 0 Å². The minimum Gasteiger partial charge on any atom is -0.351 e. The third-order valence-corrected chi connectivity index (χ3v) is 4.43. The number of hydrogen-bond donors (Lipinski definition) is 3. The van der Waals surface area contributed by atoms with E-state index < -0.39 is 21.6 Å². The number of carbonyl (C=O) groups is 1. The molecule has 1 aromatic carbocycles. The van der Waals surface area contributed by atoms with Crippen LogP contribution in [0, 0.1) is 0 Å². The highest BCUT2D eigenvalue weighted by Gasteiger charge is 2.24. The third-order valence-electron chi connectivity index (χ3n) is 2.57. The molecule has 6 nitrogen and oxygen atoms in total. The Labute approximate surface area is 138 Å². The normalized spacial score (nSPS) is 13.1. The molecule has 0 saturated heterocycles. The number of sulfonamides is 1. The number of carbonyl (C=O) groups excluding carboxylic acids is 1. The van der Waals surface area contributed by atoms with E-state index in [9.17, 15) is 13.2 Å². The highest BCUT2D eigenvalue weighted by atomic mass is 35.5. The van der Waals surface area contributed by atoms with Crippen LogP contribution in [0.4, 0.5) is 0 Å². The molecule has 0 aliphatic heterocycles. The fourth-order valence-electron chi connectivity index (χ4n) is 1.71. The molecule has 0 aliphatic rings. The van der Waals surface area contributed by atoms with E-state index in [2.05, 4.69) is 10.0 Å². The zero-order valence-corrected chi connectivity index (χ0v) is 14.8. The molecule has 0 saturated carbocycles. The second kappa shape index (κ2) is 7.92. The summed E-state index contributed by atoms with van der Waals surface area (Å²) in [4.78, 5) is 11.7. The van der Waals surface area contributed by atoms with E-state index in [-0.39, 0.29) is 29.8 Å². The number of rotatable bonds is 5. The van der Waals surface area contributed by atoms with Crippen molar-refractivity contribution in [2.45, 2.75) is 50.7 Å². The zero-order valence-electron chi connectivity index (χ0n) is 13.2. The maximum absolute atomic E-state index is 12.4. The van der Waals surface area contributed by atoms with E-state index in [1.165, 1.54) is 6.07 Å². The summed E-state index contributed by atoms with van der Waals surface area (Å²) in [6, 6.07) is 5.92. The van der Waals surface area contributed by atoms with E-state index in [4.69, 9.17) is 5.73 Å². The van der Waals surface area contributed by atoms with Crippen molar-refractivity contribution in [3.63, 3.8) is 0 Å². The Morgan fingerprint density at radius 3 is 2.32 bits per heavy atom. The number of hydrogen-bond acceptors (Lipinski definition) is 4. The zero-order chi connectivity index (χ0) is 16.3. The van der Waals surface area contributed by atoms with Crippen LogP contribution in [0.1, 0.15) is 33.3 Å². The van der Waals surface area contributed by atoms with Crippen LogP contribution in [0.3, 0.4) is 0 Å². The fraction of sp³-hybridized carbons (Fsp3) is 0.500. The largest absolute Gasteiger partial charge is 0.351 e. The summed E-state index contributed by atoms with van der Waals surface area (Å²) in [7, 11) is -3.65. The van der Waals surface area contributed by atoms with Crippen molar-refractivity contribution in [1.29, 1.82) is 0 Å². The fourth-order valence-corrected chi connectivity index (χ4v) is 3.37. The summed E-state index contributed by atoms with van der Waals surface area (Å²) >= 11 is 0. The lowest BCUT2D eigenvalue weighted by molar-refractivity contribution is -0.122. The average molecular weight is 350 g/mol. The van der Waals surface area contributed by atoms with Crippen LogP contribution < -0.4 is 15.8 Å².